The Balaban J connectivity index is 2.03. The molecule has 0 N–H and O–H groups in total. The lowest BCUT2D eigenvalue weighted by Crippen LogP contribution is -1.84. The smallest absolute Gasteiger partial charge is 0.269 e. The van der Waals surface area contributed by atoms with Crippen LogP contribution in [0.15, 0.2) is 34.2 Å². The Hall–Kier alpha value is -1.87. The number of hydrogen-bond acceptors (Lipinski definition) is 5. The molecule has 3 rings (SSSR count). The third-order valence-corrected chi connectivity index (χ3v) is 4.24. The Morgan fingerprint density at radius 2 is 2.05 bits per heavy atom. The first-order valence-corrected chi connectivity index (χ1v) is 7.09. The standard InChI is InChI=1S/C13H5Cl2N3OS/c14-9-2-1-7(5-8(9)6-16)12-17-13(19-18-12)11-10(15)3-4-20-11/h1-5H. The predicted molar refractivity (Wildman–Crippen MR) is 77.8 cm³/mol. The van der Waals surface area contributed by atoms with Crippen molar-refractivity contribution in [1.29, 1.82) is 5.26 Å². The van der Waals surface area contributed by atoms with Crippen LogP contribution in [0.25, 0.3) is 22.2 Å². The van der Waals surface area contributed by atoms with Crippen molar-refractivity contribution in [2.24, 2.45) is 0 Å². The fourth-order valence-corrected chi connectivity index (χ4v) is 2.85. The fraction of sp³-hybridized carbons (Fsp3) is 0. The van der Waals surface area contributed by atoms with E-state index in [1.165, 1.54) is 11.3 Å². The minimum absolute atomic E-state index is 0.355. The first-order chi connectivity index (χ1) is 9.69. The average molecular weight is 322 g/mol. The molecular weight excluding hydrogens is 317 g/mol. The molecule has 0 atom stereocenters. The van der Waals surface area contributed by atoms with Crippen LogP contribution in [0.5, 0.6) is 0 Å². The topological polar surface area (TPSA) is 62.7 Å². The summed E-state index contributed by atoms with van der Waals surface area (Å²) in [6, 6.07) is 8.75. The minimum Gasteiger partial charge on any atom is -0.333 e. The van der Waals surface area contributed by atoms with E-state index in [1.54, 1.807) is 24.3 Å². The number of benzene rings is 1. The minimum atomic E-state index is 0.355. The molecule has 0 spiro atoms. The third-order valence-electron chi connectivity index (χ3n) is 2.58. The van der Waals surface area contributed by atoms with E-state index in [4.69, 9.17) is 33.0 Å². The van der Waals surface area contributed by atoms with E-state index < -0.39 is 0 Å². The largest absolute Gasteiger partial charge is 0.333 e. The monoisotopic (exact) mass is 321 g/mol. The molecule has 1 aromatic carbocycles. The molecule has 0 amide bonds. The van der Waals surface area contributed by atoms with Gasteiger partial charge in [0.25, 0.3) is 5.89 Å². The van der Waals surface area contributed by atoms with Crippen molar-refractivity contribution >= 4 is 34.5 Å². The second-order valence-corrected chi connectivity index (χ2v) is 5.56. The fourth-order valence-electron chi connectivity index (χ4n) is 1.63. The van der Waals surface area contributed by atoms with Crippen LogP contribution in [-0.4, -0.2) is 10.1 Å². The molecule has 0 radical (unpaired) electrons. The molecular formula is C13H5Cl2N3OS. The van der Waals surface area contributed by atoms with Gasteiger partial charge >= 0.3 is 0 Å². The Labute approximate surface area is 128 Å². The molecule has 0 fully saturated rings. The van der Waals surface area contributed by atoms with Gasteiger partial charge in [0.1, 0.15) is 10.9 Å². The summed E-state index contributed by atoms with van der Waals surface area (Å²) in [6.45, 7) is 0. The van der Waals surface area contributed by atoms with Crippen molar-refractivity contribution in [3.05, 3.63) is 45.3 Å². The number of nitriles is 1. The van der Waals surface area contributed by atoms with Gasteiger partial charge in [-0.05, 0) is 29.6 Å². The van der Waals surface area contributed by atoms with Gasteiger partial charge in [-0.2, -0.15) is 10.2 Å². The maximum Gasteiger partial charge on any atom is 0.269 e. The van der Waals surface area contributed by atoms with Gasteiger partial charge in [-0.15, -0.1) is 11.3 Å². The third kappa shape index (κ3) is 2.29. The summed E-state index contributed by atoms with van der Waals surface area (Å²) in [4.78, 5) is 5.01. The number of thiophene rings is 1. The maximum atomic E-state index is 8.97. The summed E-state index contributed by atoms with van der Waals surface area (Å²) in [5.41, 5.74) is 1.03. The zero-order valence-electron chi connectivity index (χ0n) is 9.80. The Kier molecular flexibility index (Phi) is 3.45. The molecule has 0 saturated heterocycles. The summed E-state index contributed by atoms with van der Waals surface area (Å²) in [5.74, 6) is 0.742. The average Bonchev–Trinajstić information content (AvgIpc) is 3.08. The maximum absolute atomic E-state index is 8.97. The van der Waals surface area contributed by atoms with Gasteiger partial charge in [0.05, 0.1) is 15.6 Å². The molecule has 0 aliphatic rings. The molecule has 2 heterocycles. The van der Waals surface area contributed by atoms with Crippen molar-refractivity contribution in [2.75, 3.05) is 0 Å². The quantitative estimate of drug-likeness (QED) is 0.689. The first kappa shape index (κ1) is 13.1. The van der Waals surface area contributed by atoms with Crippen LogP contribution in [-0.2, 0) is 0 Å². The number of aromatic nitrogens is 2. The molecule has 0 aliphatic heterocycles. The predicted octanol–water partition coefficient (Wildman–Crippen LogP) is 4.64. The van der Waals surface area contributed by atoms with Crippen molar-refractivity contribution in [3.8, 4) is 28.2 Å². The molecule has 0 bridgehead atoms. The SMILES string of the molecule is N#Cc1cc(-c2noc(-c3sccc3Cl)n2)ccc1Cl. The van der Waals surface area contributed by atoms with E-state index >= 15 is 0 Å². The number of nitrogens with zero attached hydrogens (tertiary/aromatic N) is 3. The molecule has 3 aromatic rings. The van der Waals surface area contributed by atoms with Crippen molar-refractivity contribution in [3.63, 3.8) is 0 Å². The molecule has 20 heavy (non-hydrogen) atoms. The molecule has 7 heteroatoms. The van der Waals surface area contributed by atoms with Gasteiger partial charge in [-0.1, -0.05) is 28.4 Å². The van der Waals surface area contributed by atoms with Crippen molar-refractivity contribution < 1.29 is 4.52 Å². The number of halogens is 2. The summed E-state index contributed by atoms with van der Waals surface area (Å²) in [7, 11) is 0. The lowest BCUT2D eigenvalue weighted by Gasteiger charge is -1.97. The summed E-state index contributed by atoms with van der Waals surface area (Å²) in [6.07, 6.45) is 0. The van der Waals surface area contributed by atoms with E-state index in [0.717, 1.165) is 4.88 Å². The Bertz CT molecular complexity index is 819. The van der Waals surface area contributed by atoms with Crippen molar-refractivity contribution in [1.82, 2.24) is 10.1 Å². The van der Waals surface area contributed by atoms with E-state index in [1.807, 2.05) is 11.4 Å². The van der Waals surface area contributed by atoms with Gasteiger partial charge < -0.3 is 4.52 Å². The normalized spacial score (nSPS) is 10.4. The van der Waals surface area contributed by atoms with Gasteiger partial charge in [0.2, 0.25) is 5.82 Å². The summed E-state index contributed by atoms with van der Waals surface area (Å²) < 4.78 is 5.20. The summed E-state index contributed by atoms with van der Waals surface area (Å²) >= 11 is 13.3. The highest BCUT2D eigenvalue weighted by molar-refractivity contribution is 7.14. The first-order valence-electron chi connectivity index (χ1n) is 5.46. The van der Waals surface area contributed by atoms with Crippen LogP contribution in [0.3, 0.4) is 0 Å². The highest BCUT2D eigenvalue weighted by Gasteiger charge is 2.15. The number of hydrogen-bond donors (Lipinski definition) is 0. The molecule has 0 aliphatic carbocycles. The molecule has 2 aromatic heterocycles. The van der Waals surface area contributed by atoms with E-state index in [0.29, 0.717) is 32.9 Å². The van der Waals surface area contributed by atoms with E-state index in [2.05, 4.69) is 10.1 Å². The second-order valence-electron chi connectivity index (χ2n) is 3.83. The summed E-state index contributed by atoms with van der Waals surface area (Å²) in [5, 5.41) is 15.7. The zero-order valence-corrected chi connectivity index (χ0v) is 12.1. The second kappa shape index (κ2) is 5.25. The van der Waals surface area contributed by atoms with Crippen LogP contribution in [0, 0.1) is 11.3 Å². The molecule has 98 valence electrons. The van der Waals surface area contributed by atoms with Crippen LogP contribution in [0.2, 0.25) is 10.0 Å². The highest BCUT2D eigenvalue weighted by Crippen LogP contribution is 2.33. The lowest BCUT2D eigenvalue weighted by atomic mass is 10.1. The van der Waals surface area contributed by atoms with Crippen LogP contribution < -0.4 is 0 Å². The van der Waals surface area contributed by atoms with Crippen LogP contribution in [0.1, 0.15) is 5.56 Å². The lowest BCUT2D eigenvalue weighted by molar-refractivity contribution is 0.433. The van der Waals surface area contributed by atoms with Gasteiger partial charge in [0.15, 0.2) is 0 Å². The van der Waals surface area contributed by atoms with Gasteiger partial charge in [0, 0.05) is 5.56 Å². The van der Waals surface area contributed by atoms with Crippen LogP contribution in [0.4, 0.5) is 0 Å². The Morgan fingerprint density at radius 1 is 1.20 bits per heavy atom. The Morgan fingerprint density at radius 3 is 2.75 bits per heavy atom. The zero-order chi connectivity index (χ0) is 14.1. The molecule has 0 saturated carbocycles. The van der Waals surface area contributed by atoms with Crippen molar-refractivity contribution in [2.45, 2.75) is 0 Å². The van der Waals surface area contributed by atoms with Gasteiger partial charge in [-0.25, -0.2) is 0 Å². The molecule has 0 unspecified atom stereocenters. The van der Waals surface area contributed by atoms with Crippen LogP contribution >= 0.6 is 34.5 Å². The van der Waals surface area contributed by atoms with E-state index in [9.17, 15) is 0 Å². The number of rotatable bonds is 2. The molecule has 4 nitrogen and oxygen atoms in total. The highest BCUT2D eigenvalue weighted by atomic mass is 35.5. The van der Waals surface area contributed by atoms with Gasteiger partial charge in [-0.3, -0.25) is 0 Å². The van der Waals surface area contributed by atoms with E-state index in [-0.39, 0.29) is 0 Å².